The van der Waals surface area contributed by atoms with Gasteiger partial charge in [0.2, 0.25) is 5.91 Å². The molecule has 0 bridgehead atoms. The molecule has 0 aliphatic heterocycles. The number of fused-ring (bicyclic) bond motifs is 1. The molecule has 0 saturated carbocycles. The Morgan fingerprint density at radius 1 is 1.35 bits per heavy atom. The summed E-state index contributed by atoms with van der Waals surface area (Å²) in [7, 11) is 3.33. The van der Waals surface area contributed by atoms with E-state index in [1.165, 1.54) is 22.2 Å². The number of aryl methyl sites for hydroxylation is 2. The number of benzene rings is 1. The van der Waals surface area contributed by atoms with Crippen LogP contribution in [0.15, 0.2) is 35.4 Å². The molecule has 136 valence electrons. The van der Waals surface area contributed by atoms with E-state index < -0.39 is 0 Å². The molecule has 0 aliphatic carbocycles. The molecule has 3 rings (SSSR count). The smallest absolute Gasteiger partial charge is 0.262 e. The molecule has 0 unspecified atom stereocenters. The number of ether oxygens (including phenoxy) is 1. The first-order valence-corrected chi connectivity index (χ1v) is 9.04. The van der Waals surface area contributed by atoms with Crippen LogP contribution in [-0.4, -0.2) is 34.5 Å². The van der Waals surface area contributed by atoms with Gasteiger partial charge in [0.05, 0.1) is 18.8 Å². The second-order valence-corrected chi connectivity index (χ2v) is 7.45. The third-order valence-electron chi connectivity index (χ3n) is 4.44. The molecule has 2 aromatic heterocycles. The fraction of sp³-hybridized carbons (Fsp3) is 0.316. The standard InChI is InChI=1S/C19H21N3O3S/c1-12-13(2)26-18-17(12)19(24)22(11-20-18)10-16(23)21(3)9-14-6-5-7-15(8-14)25-4/h5-8,11H,9-10H2,1-4H3. The molecule has 0 atom stereocenters. The number of carbonyl (C=O) groups is 1. The van der Waals surface area contributed by atoms with Crippen molar-refractivity contribution >= 4 is 27.5 Å². The molecule has 0 spiro atoms. The van der Waals surface area contributed by atoms with E-state index in [1.54, 1.807) is 19.1 Å². The molecule has 0 fully saturated rings. The zero-order valence-corrected chi connectivity index (χ0v) is 16.1. The molecule has 7 heteroatoms. The largest absolute Gasteiger partial charge is 0.497 e. The van der Waals surface area contributed by atoms with Crippen molar-refractivity contribution in [3.05, 3.63) is 57.0 Å². The molecule has 0 aliphatic rings. The Bertz CT molecular complexity index is 1020. The number of hydrogen-bond donors (Lipinski definition) is 0. The summed E-state index contributed by atoms with van der Waals surface area (Å²) in [5.41, 5.74) is 1.74. The van der Waals surface area contributed by atoms with Gasteiger partial charge in [-0.3, -0.25) is 14.2 Å². The van der Waals surface area contributed by atoms with Crippen LogP contribution in [0.25, 0.3) is 10.2 Å². The van der Waals surface area contributed by atoms with Gasteiger partial charge in [0.15, 0.2) is 0 Å². The van der Waals surface area contributed by atoms with E-state index in [-0.39, 0.29) is 18.0 Å². The van der Waals surface area contributed by atoms with Crippen LogP contribution in [0.1, 0.15) is 16.0 Å². The SMILES string of the molecule is COc1cccc(CN(C)C(=O)Cn2cnc3sc(C)c(C)c3c2=O)c1. The number of thiophene rings is 1. The van der Waals surface area contributed by atoms with Crippen molar-refractivity contribution < 1.29 is 9.53 Å². The molecule has 0 N–H and O–H groups in total. The van der Waals surface area contributed by atoms with Crippen LogP contribution in [0, 0.1) is 13.8 Å². The third kappa shape index (κ3) is 3.48. The molecule has 0 radical (unpaired) electrons. The summed E-state index contributed by atoms with van der Waals surface area (Å²) >= 11 is 1.50. The van der Waals surface area contributed by atoms with E-state index in [9.17, 15) is 9.59 Å². The number of likely N-dealkylation sites (N-methyl/N-ethyl adjacent to an activating group) is 1. The summed E-state index contributed by atoms with van der Waals surface area (Å²) in [4.78, 5) is 33.0. The predicted octanol–water partition coefficient (Wildman–Crippen LogP) is 2.74. The highest BCUT2D eigenvalue weighted by molar-refractivity contribution is 7.18. The van der Waals surface area contributed by atoms with Crippen LogP contribution in [-0.2, 0) is 17.9 Å². The molecular weight excluding hydrogens is 350 g/mol. The lowest BCUT2D eigenvalue weighted by molar-refractivity contribution is -0.131. The van der Waals surface area contributed by atoms with Crippen LogP contribution < -0.4 is 10.3 Å². The number of methoxy groups -OCH3 is 1. The van der Waals surface area contributed by atoms with E-state index in [1.807, 2.05) is 38.1 Å². The zero-order valence-electron chi connectivity index (χ0n) is 15.3. The highest BCUT2D eigenvalue weighted by atomic mass is 32.1. The minimum absolute atomic E-state index is 0.0312. The summed E-state index contributed by atoms with van der Waals surface area (Å²) in [6, 6.07) is 7.57. The first kappa shape index (κ1) is 18.1. The van der Waals surface area contributed by atoms with Gasteiger partial charge in [-0.1, -0.05) is 12.1 Å². The molecule has 3 aromatic rings. The van der Waals surface area contributed by atoms with Gasteiger partial charge in [0.1, 0.15) is 17.1 Å². The molecule has 2 heterocycles. The Morgan fingerprint density at radius 2 is 2.12 bits per heavy atom. The van der Waals surface area contributed by atoms with Gasteiger partial charge in [-0.15, -0.1) is 11.3 Å². The molecule has 0 saturated heterocycles. The highest BCUT2D eigenvalue weighted by Crippen LogP contribution is 2.25. The van der Waals surface area contributed by atoms with Crippen molar-refractivity contribution in [1.82, 2.24) is 14.5 Å². The molecular formula is C19H21N3O3S. The van der Waals surface area contributed by atoms with Crippen molar-refractivity contribution in [1.29, 1.82) is 0 Å². The van der Waals surface area contributed by atoms with Crippen molar-refractivity contribution in [2.24, 2.45) is 0 Å². The lowest BCUT2D eigenvalue weighted by Gasteiger charge is -2.18. The molecule has 26 heavy (non-hydrogen) atoms. The molecule has 1 aromatic carbocycles. The average Bonchev–Trinajstić information content (AvgIpc) is 2.92. The van der Waals surface area contributed by atoms with Crippen molar-refractivity contribution in [3.8, 4) is 5.75 Å². The Kier molecular flexibility index (Phi) is 5.08. The number of carbonyl (C=O) groups excluding carboxylic acids is 1. The average molecular weight is 371 g/mol. The van der Waals surface area contributed by atoms with Crippen molar-refractivity contribution in [2.45, 2.75) is 26.9 Å². The highest BCUT2D eigenvalue weighted by Gasteiger charge is 2.16. The summed E-state index contributed by atoms with van der Waals surface area (Å²) in [6.45, 7) is 4.30. The lowest BCUT2D eigenvalue weighted by Crippen LogP contribution is -2.33. The van der Waals surface area contributed by atoms with Gasteiger partial charge < -0.3 is 9.64 Å². The third-order valence-corrected chi connectivity index (χ3v) is 5.56. The Hall–Kier alpha value is -2.67. The summed E-state index contributed by atoms with van der Waals surface area (Å²) in [6.07, 6.45) is 1.46. The van der Waals surface area contributed by atoms with E-state index in [4.69, 9.17) is 4.74 Å². The zero-order chi connectivity index (χ0) is 18.8. The number of hydrogen-bond acceptors (Lipinski definition) is 5. The van der Waals surface area contributed by atoms with Gasteiger partial charge in [-0.2, -0.15) is 0 Å². The van der Waals surface area contributed by atoms with Gasteiger partial charge >= 0.3 is 0 Å². The maximum Gasteiger partial charge on any atom is 0.262 e. The normalized spacial score (nSPS) is 10.9. The quantitative estimate of drug-likeness (QED) is 0.692. The van der Waals surface area contributed by atoms with Crippen LogP contribution in [0.3, 0.4) is 0 Å². The monoisotopic (exact) mass is 371 g/mol. The summed E-state index contributed by atoms with van der Waals surface area (Å²) in [5.74, 6) is 0.596. The van der Waals surface area contributed by atoms with Crippen LogP contribution >= 0.6 is 11.3 Å². The number of rotatable bonds is 5. The maximum atomic E-state index is 12.7. The van der Waals surface area contributed by atoms with Gasteiger partial charge in [-0.05, 0) is 37.1 Å². The van der Waals surface area contributed by atoms with Crippen LogP contribution in [0.2, 0.25) is 0 Å². The maximum absolute atomic E-state index is 12.7. The van der Waals surface area contributed by atoms with Gasteiger partial charge in [-0.25, -0.2) is 4.98 Å². The van der Waals surface area contributed by atoms with Crippen molar-refractivity contribution in [3.63, 3.8) is 0 Å². The van der Waals surface area contributed by atoms with Crippen LogP contribution in [0.4, 0.5) is 0 Å². The summed E-state index contributed by atoms with van der Waals surface area (Å²) < 4.78 is 6.59. The van der Waals surface area contributed by atoms with Gasteiger partial charge in [0, 0.05) is 18.5 Å². The topological polar surface area (TPSA) is 64.4 Å². The number of aromatic nitrogens is 2. The Balaban J connectivity index is 1.79. The minimum atomic E-state index is -0.167. The fourth-order valence-corrected chi connectivity index (χ4v) is 3.77. The Morgan fingerprint density at radius 3 is 2.85 bits per heavy atom. The second kappa shape index (κ2) is 7.29. The fourth-order valence-electron chi connectivity index (χ4n) is 2.78. The Labute approximate surface area is 155 Å². The number of nitrogens with zero attached hydrogens (tertiary/aromatic N) is 3. The first-order valence-electron chi connectivity index (χ1n) is 8.22. The molecule has 6 nitrogen and oxygen atoms in total. The van der Waals surface area contributed by atoms with Gasteiger partial charge in [0.25, 0.3) is 5.56 Å². The first-order chi connectivity index (χ1) is 12.4. The number of amides is 1. The van der Waals surface area contributed by atoms with E-state index in [0.717, 1.165) is 26.6 Å². The lowest BCUT2D eigenvalue weighted by atomic mass is 10.2. The predicted molar refractivity (Wildman–Crippen MR) is 103 cm³/mol. The summed E-state index contributed by atoms with van der Waals surface area (Å²) in [5, 5.41) is 0.609. The van der Waals surface area contributed by atoms with Crippen molar-refractivity contribution in [2.75, 3.05) is 14.2 Å². The minimum Gasteiger partial charge on any atom is -0.497 e. The second-order valence-electron chi connectivity index (χ2n) is 6.24. The van der Waals surface area contributed by atoms with Crippen LogP contribution in [0.5, 0.6) is 5.75 Å². The molecule has 1 amide bonds. The van der Waals surface area contributed by atoms with E-state index in [2.05, 4.69) is 4.98 Å². The van der Waals surface area contributed by atoms with E-state index >= 15 is 0 Å². The van der Waals surface area contributed by atoms with E-state index in [0.29, 0.717) is 11.9 Å².